The zero-order valence-corrected chi connectivity index (χ0v) is 15.5. The lowest BCUT2D eigenvalue weighted by molar-refractivity contribution is -0.117. The van der Waals surface area contributed by atoms with Gasteiger partial charge in [-0.2, -0.15) is 0 Å². The number of nitrogens with two attached hydrogens (primary N) is 1. The van der Waals surface area contributed by atoms with Crippen LogP contribution in [-0.2, 0) is 24.2 Å². The Hall–Kier alpha value is -2.47. The second-order valence-electron chi connectivity index (χ2n) is 6.71. The second-order valence-corrected chi connectivity index (χ2v) is 7.80. The van der Waals surface area contributed by atoms with E-state index in [-0.39, 0.29) is 5.91 Å². The van der Waals surface area contributed by atoms with Gasteiger partial charge in [0.25, 0.3) is 0 Å². The van der Waals surface area contributed by atoms with Crippen LogP contribution < -0.4 is 10.6 Å². The molecule has 26 heavy (non-hydrogen) atoms. The molecule has 0 aliphatic heterocycles. The predicted molar refractivity (Wildman–Crippen MR) is 105 cm³/mol. The van der Waals surface area contributed by atoms with E-state index in [1.54, 1.807) is 17.7 Å². The lowest BCUT2D eigenvalue weighted by Gasteiger charge is -2.25. The number of anilines is 1. The van der Waals surface area contributed by atoms with Gasteiger partial charge < -0.3 is 10.6 Å². The molecule has 0 fully saturated rings. The number of primary amides is 1. The molecule has 5 nitrogen and oxygen atoms in total. The fraction of sp³-hybridized carbons (Fsp3) is 0.350. The van der Waals surface area contributed by atoms with Gasteiger partial charge in [0.1, 0.15) is 17.0 Å². The predicted octanol–water partition coefficient (Wildman–Crippen LogP) is 3.45. The van der Waals surface area contributed by atoms with Gasteiger partial charge in [-0.05, 0) is 36.8 Å². The molecule has 0 bridgehead atoms. The van der Waals surface area contributed by atoms with E-state index in [0.29, 0.717) is 19.5 Å². The van der Waals surface area contributed by atoms with Crippen LogP contribution in [0.4, 0.5) is 5.82 Å². The van der Waals surface area contributed by atoms with E-state index in [9.17, 15) is 4.79 Å². The number of amides is 1. The molecule has 1 amide bonds. The second kappa shape index (κ2) is 7.41. The first-order valence-electron chi connectivity index (χ1n) is 9.05. The number of rotatable bonds is 6. The summed E-state index contributed by atoms with van der Waals surface area (Å²) in [5, 5.41) is 1.17. The van der Waals surface area contributed by atoms with Gasteiger partial charge in [0, 0.05) is 24.4 Å². The zero-order valence-electron chi connectivity index (χ0n) is 14.6. The van der Waals surface area contributed by atoms with Crippen molar-refractivity contribution < 1.29 is 4.79 Å². The Morgan fingerprint density at radius 1 is 1.15 bits per heavy atom. The molecule has 2 N–H and O–H groups in total. The third kappa shape index (κ3) is 3.42. The minimum atomic E-state index is -0.291. The standard InChI is InChI=1S/C20H22N4OS/c21-17(25)10-11-24(12-14-6-2-1-3-7-14)19-18-15-8-4-5-9-16(15)26-20(18)23-13-22-19/h1-3,6-7,13H,4-5,8-12H2,(H2,21,25). The zero-order chi connectivity index (χ0) is 17.9. The van der Waals surface area contributed by atoms with Crippen molar-refractivity contribution in [1.82, 2.24) is 9.97 Å². The number of aromatic nitrogens is 2. The Morgan fingerprint density at radius 2 is 1.96 bits per heavy atom. The molecular weight excluding hydrogens is 344 g/mol. The maximum Gasteiger partial charge on any atom is 0.219 e. The molecule has 0 spiro atoms. The van der Waals surface area contributed by atoms with Crippen LogP contribution >= 0.6 is 11.3 Å². The molecule has 2 heterocycles. The summed E-state index contributed by atoms with van der Waals surface area (Å²) < 4.78 is 0. The highest BCUT2D eigenvalue weighted by atomic mass is 32.1. The Bertz CT molecular complexity index is 922. The summed E-state index contributed by atoms with van der Waals surface area (Å²) in [5.41, 5.74) is 8.01. The van der Waals surface area contributed by atoms with E-state index >= 15 is 0 Å². The van der Waals surface area contributed by atoms with Crippen molar-refractivity contribution >= 4 is 33.3 Å². The van der Waals surface area contributed by atoms with Gasteiger partial charge in [-0.15, -0.1) is 11.3 Å². The van der Waals surface area contributed by atoms with E-state index in [0.717, 1.165) is 23.5 Å². The summed E-state index contributed by atoms with van der Waals surface area (Å²) in [6, 6.07) is 10.3. The minimum absolute atomic E-state index is 0.291. The third-order valence-electron chi connectivity index (χ3n) is 4.88. The van der Waals surface area contributed by atoms with Gasteiger partial charge in [0.15, 0.2) is 0 Å². The number of carbonyl (C=O) groups is 1. The third-order valence-corrected chi connectivity index (χ3v) is 6.08. The summed E-state index contributed by atoms with van der Waals surface area (Å²) in [6.45, 7) is 1.26. The normalized spacial score (nSPS) is 13.5. The Labute approximate surface area is 156 Å². The van der Waals surface area contributed by atoms with Crippen LogP contribution in [0.15, 0.2) is 36.7 Å². The van der Waals surface area contributed by atoms with Crippen LogP contribution in [-0.4, -0.2) is 22.4 Å². The van der Waals surface area contributed by atoms with E-state index in [2.05, 4.69) is 27.0 Å². The molecule has 134 valence electrons. The van der Waals surface area contributed by atoms with Gasteiger partial charge >= 0.3 is 0 Å². The maximum absolute atomic E-state index is 11.4. The van der Waals surface area contributed by atoms with Crippen molar-refractivity contribution in [3.63, 3.8) is 0 Å². The number of benzene rings is 1. The summed E-state index contributed by atoms with van der Waals surface area (Å²) in [5.74, 6) is 0.639. The van der Waals surface area contributed by atoms with E-state index in [1.807, 2.05) is 18.2 Å². The molecule has 0 saturated heterocycles. The number of thiophene rings is 1. The van der Waals surface area contributed by atoms with Crippen LogP contribution in [0.5, 0.6) is 0 Å². The largest absolute Gasteiger partial charge is 0.370 e. The fourth-order valence-corrected chi connectivity index (χ4v) is 4.85. The first-order chi connectivity index (χ1) is 12.7. The highest BCUT2D eigenvalue weighted by molar-refractivity contribution is 7.19. The molecule has 3 aromatic rings. The van der Waals surface area contributed by atoms with Crippen molar-refractivity contribution in [3.05, 3.63) is 52.7 Å². The van der Waals surface area contributed by atoms with Crippen LogP contribution in [0.25, 0.3) is 10.2 Å². The topological polar surface area (TPSA) is 72.1 Å². The van der Waals surface area contributed by atoms with Gasteiger partial charge in [-0.3, -0.25) is 4.79 Å². The molecule has 0 radical (unpaired) electrons. The smallest absolute Gasteiger partial charge is 0.219 e. The highest BCUT2D eigenvalue weighted by Crippen LogP contribution is 2.39. The molecule has 0 unspecified atom stereocenters. The number of hydrogen-bond acceptors (Lipinski definition) is 5. The van der Waals surface area contributed by atoms with Gasteiger partial charge in [0.2, 0.25) is 5.91 Å². The van der Waals surface area contributed by atoms with Gasteiger partial charge in [-0.25, -0.2) is 9.97 Å². The Balaban J connectivity index is 1.76. The van der Waals surface area contributed by atoms with E-state index in [1.165, 1.54) is 34.2 Å². The fourth-order valence-electron chi connectivity index (χ4n) is 3.62. The number of fused-ring (bicyclic) bond motifs is 3. The van der Waals surface area contributed by atoms with Gasteiger partial charge in [-0.1, -0.05) is 30.3 Å². The van der Waals surface area contributed by atoms with Gasteiger partial charge in [0.05, 0.1) is 5.39 Å². The maximum atomic E-state index is 11.4. The average molecular weight is 366 g/mol. The van der Waals surface area contributed by atoms with Crippen LogP contribution in [0.3, 0.4) is 0 Å². The number of aryl methyl sites for hydroxylation is 2. The summed E-state index contributed by atoms with van der Waals surface area (Å²) in [6.07, 6.45) is 6.64. The van der Waals surface area contributed by atoms with Crippen molar-refractivity contribution in [2.45, 2.75) is 38.6 Å². The van der Waals surface area contributed by atoms with E-state index in [4.69, 9.17) is 5.73 Å². The lowest BCUT2D eigenvalue weighted by Crippen LogP contribution is -2.28. The van der Waals surface area contributed by atoms with Crippen molar-refractivity contribution in [2.75, 3.05) is 11.4 Å². The lowest BCUT2D eigenvalue weighted by atomic mass is 9.97. The molecule has 0 atom stereocenters. The Kier molecular flexibility index (Phi) is 4.84. The quantitative estimate of drug-likeness (QED) is 0.725. The van der Waals surface area contributed by atoms with Crippen molar-refractivity contribution in [1.29, 1.82) is 0 Å². The molecule has 1 aliphatic carbocycles. The number of nitrogens with zero attached hydrogens (tertiary/aromatic N) is 3. The van der Waals surface area contributed by atoms with Crippen LogP contribution in [0.1, 0.15) is 35.3 Å². The van der Waals surface area contributed by atoms with Crippen LogP contribution in [0, 0.1) is 0 Å². The van der Waals surface area contributed by atoms with Crippen molar-refractivity contribution in [2.24, 2.45) is 5.73 Å². The summed E-state index contributed by atoms with van der Waals surface area (Å²) in [7, 11) is 0. The first kappa shape index (κ1) is 17.0. The monoisotopic (exact) mass is 366 g/mol. The summed E-state index contributed by atoms with van der Waals surface area (Å²) >= 11 is 1.79. The molecule has 4 rings (SSSR count). The average Bonchev–Trinajstić information content (AvgIpc) is 3.04. The van der Waals surface area contributed by atoms with Crippen molar-refractivity contribution in [3.8, 4) is 0 Å². The minimum Gasteiger partial charge on any atom is -0.370 e. The molecular formula is C20H22N4OS. The highest BCUT2D eigenvalue weighted by Gasteiger charge is 2.22. The SMILES string of the molecule is NC(=O)CCN(Cc1ccccc1)c1ncnc2sc3c(c12)CCCC3. The number of hydrogen-bond donors (Lipinski definition) is 1. The molecule has 1 aliphatic rings. The summed E-state index contributed by atoms with van der Waals surface area (Å²) in [4.78, 5) is 25.2. The first-order valence-corrected chi connectivity index (χ1v) is 9.86. The molecule has 1 aromatic carbocycles. The molecule has 6 heteroatoms. The number of carbonyl (C=O) groups excluding carboxylic acids is 1. The molecule has 0 saturated carbocycles. The molecule has 2 aromatic heterocycles. The van der Waals surface area contributed by atoms with E-state index < -0.39 is 0 Å². The van der Waals surface area contributed by atoms with Crippen LogP contribution in [0.2, 0.25) is 0 Å². The Morgan fingerprint density at radius 3 is 2.77 bits per heavy atom.